The lowest BCUT2D eigenvalue weighted by molar-refractivity contribution is -0.385. The molecule has 0 saturated carbocycles. The van der Waals surface area contributed by atoms with E-state index in [4.69, 9.17) is 4.74 Å². The molecule has 0 amide bonds. The smallest absolute Gasteiger partial charge is 0.278 e. The van der Waals surface area contributed by atoms with E-state index in [0.717, 1.165) is 0 Å². The molecular weight excluding hydrogens is 367 g/mol. The van der Waals surface area contributed by atoms with Crippen molar-refractivity contribution >= 4 is 27.7 Å². The molecule has 120 valence electrons. The van der Waals surface area contributed by atoms with Crippen molar-refractivity contribution in [3.05, 3.63) is 68.6 Å². The average Bonchev–Trinajstić information content (AvgIpc) is 2.49. The van der Waals surface area contributed by atoms with E-state index in [1.807, 2.05) is 0 Å². The topological polar surface area (TPSA) is 55.6 Å². The molecule has 2 aromatic rings. The largest absolute Gasteiger partial charge is 0.453 e. The van der Waals surface area contributed by atoms with Gasteiger partial charge in [0.25, 0.3) is 5.69 Å². The molecule has 0 N–H and O–H groups in total. The van der Waals surface area contributed by atoms with Gasteiger partial charge in [0.2, 0.25) is 0 Å². The van der Waals surface area contributed by atoms with Crippen LogP contribution in [0.1, 0.15) is 5.56 Å². The van der Waals surface area contributed by atoms with E-state index in [-0.39, 0.29) is 11.4 Å². The number of benzene rings is 2. The maximum absolute atomic E-state index is 13.7. The van der Waals surface area contributed by atoms with E-state index in [1.54, 1.807) is 43.4 Å². The zero-order valence-corrected chi connectivity index (χ0v) is 14.1. The number of hydrogen-bond acceptors (Lipinski definition) is 4. The third-order valence-corrected chi connectivity index (χ3v) is 3.51. The first-order valence-electron chi connectivity index (χ1n) is 6.63. The summed E-state index contributed by atoms with van der Waals surface area (Å²) in [6, 6.07) is 8.79. The molecule has 2 rings (SSSR count). The van der Waals surface area contributed by atoms with Crippen LogP contribution in [0.3, 0.4) is 0 Å². The highest BCUT2D eigenvalue weighted by Crippen LogP contribution is 2.36. The molecule has 0 saturated heterocycles. The van der Waals surface area contributed by atoms with E-state index >= 15 is 0 Å². The number of hydrogen-bond donors (Lipinski definition) is 0. The van der Waals surface area contributed by atoms with E-state index in [9.17, 15) is 14.5 Å². The van der Waals surface area contributed by atoms with Gasteiger partial charge >= 0.3 is 0 Å². The summed E-state index contributed by atoms with van der Waals surface area (Å²) in [7, 11) is 3.61. The van der Waals surface area contributed by atoms with Gasteiger partial charge < -0.3 is 9.64 Å². The van der Waals surface area contributed by atoms with Gasteiger partial charge in [-0.15, -0.1) is 0 Å². The zero-order chi connectivity index (χ0) is 17.0. The highest BCUT2D eigenvalue weighted by molar-refractivity contribution is 9.10. The molecule has 0 heterocycles. The van der Waals surface area contributed by atoms with Crippen LogP contribution < -0.4 is 4.74 Å². The van der Waals surface area contributed by atoms with Gasteiger partial charge in [-0.1, -0.05) is 12.1 Å². The number of para-hydroxylation sites is 1. The van der Waals surface area contributed by atoms with Gasteiger partial charge in [0.05, 0.1) is 15.0 Å². The molecule has 0 fully saturated rings. The van der Waals surface area contributed by atoms with Crippen LogP contribution in [0.25, 0.3) is 6.08 Å². The van der Waals surface area contributed by atoms with Gasteiger partial charge in [0.15, 0.2) is 11.6 Å². The lowest BCUT2D eigenvalue weighted by Crippen LogP contribution is -2.00. The van der Waals surface area contributed by atoms with E-state index in [1.165, 1.54) is 24.3 Å². The Balaban J connectivity index is 2.46. The average molecular weight is 381 g/mol. The summed E-state index contributed by atoms with van der Waals surface area (Å²) in [6.45, 7) is 0. The Hall–Kier alpha value is -2.41. The Kier molecular flexibility index (Phi) is 5.33. The maximum Gasteiger partial charge on any atom is 0.278 e. The van der Waals surface area contributed by atoms with E-state index in [0.29, 0.717) is 15.8 Å². The number of halogens is 2. The second-order valence-corrected chi connectivity index (χ2v) is 5.76. The first-order chi connectivity index (χ1) is 10.9. The third-order valence-electron chi connectivity index (χ3n) is 2.89. The van der Waals surface area contributed by atoms with Crippen LogP contribution >= 0.6 is 15.9 Å². The molecule has 5 nitrogen and oxygen atoms in total. The van der Waals surface area contributed by atoms with Crippen molar-refractivity contribution < 1.29 is 14.1 Å². The molecule has 2 aromatic carbocycles. The minimum atomic E-state index is -0.511. The summed E-state index contributed by atoms with van der Waals surface area (Å²) in [5.74, 6) is -0.174. The van der Waals surface area contributed by atoms with E-state index in [2.05, 4.69) is 15.9 Å². The molecular formula is C16H14BrFN2O3. The summed E-state index contributed by atoms with van der Waals surface area (Å²) in [5, 5.41) is 11.2. The highest BCUT2D eigenvalue weighted by atomic mass is 79.9. The lowest BCUT2D eigenvalue weighted by Gasteiger charge is -2.10. The monoisotopic (exact) mass is 380 g/mol. The molecule has 0 aliphatic rings. The fraction of sp³-hybridized carbons (Fsp3) is 0.125. The molecule has 0 atom stereocenters. The zero-order valence-electron chi connectivity index (χ0n) is 12.5. The second-order valence-electron chi connectivity index (χ2n) is 4.91. The maximum atomic E-state index is 13.7. The second kappa shape index (κ2) is 7.23. The van der Waals surface area contributed by atoms with Crippen LogP contribution in [-0.4, -0.2) is 23.9 Å². The first-order valence-corrected chi connectivity index (χ1v) is 7.42. The number of rotatable bonds is 5. The van der Waals surface area contributed by atoms with Crippen LogP contribution in [0.15, 0.2) is 47.1 Å². The van der Waals surface area contributed by atoms with Crippen LogP contribution in [0.4, 0.5) is 10.1 Å². The standard InChI is InChI=1S/C16H14BrFN2O3/c1-19(2)8-7-11-9-16(12(17)10-14(11)20(21)22)23-15-6-4-3-5-13(15)18/h3-10H,1-2H3/b8-7+. The Morgan fingerprint density at radius 2 is 1.96 bits per heavy atom. The predicted molar refractivity (Wildman–Crippen MR) is 90.0 cm³/mol. The van der Waals surface area contributed by atoms with Gasteiger partial charge in [-0.25, -0.2) is 4.39 Å². The Bertz CT molecular complexity index is 763. The third kappa shape index (κ3) is 4.29. The number of nitro groups is 1. The summed E-state index contributed by atoms with van der Waals surface area (Å²) in [4.78, 5) is 12.5. The van der Waals surface area contributed by atoms with E-state index < -0.39 is 10.7 Å². The summed E-state index contributed by atoms with van der Waals surface area (Å²) < 4.78 is 19.6. The SMILES string of the molecule is CN(C)/C=C/c1cc(Oc2ccccc2F)c(Br)cc1[N+](=O)[O-]. The molecule has 0 spiro atoms. The van der Waals surface area contributed by atoms with Crippen molar-refractivity contribution in [3.63, 3.8) is 0 Å². The molecule has 0 aliphatic heterocycles. The molecule has 0 aromatic heterocycles. The Labute approximate surface area is 141 Å². The predicted octanol–water partition coefficient (Wildman–Crippen LogP) is 4.82. The highest BCUT2D eigenvalue weighted by Gasteiger charge is 2.17. The molecule has 0 aliphatic carbocycles. The van der Waals surface area contributed by atoms with Crippen LogP contribution in [-0.2, 0) is 0 Å². The fourth-order valence-electron chi connectivity index (χ4n) is 1.80. The van der Waals surface area contributed by atoms with Crippen molar-refractivity contribution in [2.45, 2.75) is 0 Å². The minimum Gasteiger partial charge on any atom is -0.453 e. The van der Waals surface area contributed by atoms with Crippen molar-refractivity contribution in [2.75, 3.05) is 14.1 Å². The molecule has 0 radical (unpaired) electrons. The normalized spacial score (nSPS) is 10.8. The molecule has 23 heavy (non-hydrogen) atoms. The summed E-state index contributed by atoms with van der Waals surface area (Å²) >= 11 is 3.23. The van der Waals surface area contributed by atoms with Gasteiger partial charge in [-0.05, 0) is 46.4 Å². The van der Waals surface area contributed by atoms with Crippen molar-refractivity contribution in [2.24, 2.45) is 0 Å². The minimum absolute atomic E-state index is 0.0459. The summed E-state index contributed by atoms with van der Waals surface area (Å²) in [6.07, 6.45) is 3.28. The van der Waals surface area contributed by atoms with Crippen molar-refractivity contribution in [1.29, 1.82) is 0 Å². The number of nitrogens with zero attached hydrogens (tertiary/aromatic N) is 2. The summed E-state index contributed by atoms with van der Waals surface area (Å²) in [5.41, 5.74) is 0.286. The molecule has 0 unspecified atom stereocenters. The van der Waals surface area contributed by atoms with Gasteiger partial charge in [0.1, 0.15) is 5.75 Å². The molecule has 0 bridgehead atoms. The quantitative estimate of drug-likeness (QED) is 0.551. The van der Waals surface area contributed by atoms with Gasteiger partial charge in [0, 0.05) is 20.2 Å². The van der Waals surface area contributed by atoms with Crippen LogP contribution in [0.2, 0.25) is 0 Å². The molecule has 7 heteroatoms. The first kappa shape index (κ1) is 17.0. The Morgan fingerprint density at radius 3 is 2.57 bits per heavy atom. The van der Waals surface area contributed by atoms with Gasteiger partial charge in [-0.3, -0.25) is 10.1 Å². The number of ether oxygens (including phenoxy) is 1. The van der Waals surface area contributed by atoms with Gasteiger partial charge in [-0.2, -0.15) is 0 Å². The number of nitro benzene ring substituents is 1. The van der Waals surface area contributed by atoms with Crippen molar-refractivity contribution in [1.82, 2.24) is 4.90 Å². The van der Waals surface area contributed by atoms with Crippen molar-refractivity contribution in [3.8, 4) is 11.5 Å². The van der Waals surface area contributed by atoms with Crippen LogP contribution in [0, 0.1) is 15.9 Å². The fourth-order valence-corrected chi connectivity index (χ4v) is 2.22. The Morgan fingerprint density at radius 1 is 1.26 bits per heavy atom. The van der Waals surface area contributed by atoms with Crippen LogP contribution in [0.5, 0.6) is 11.5 Å². The lowest BCUT2D eigenvalue weighted by atomic mass is 10.1.